The number of carbonyl (C=O) groups excluding carboxylic acids is 1. The van der Waals surface area contributed by atoms with E-state index in [1.54, 1.807) is 0 Å². The number of nitrogens with zero attached hydrogens (tertiary/aromatic N) is 1. The van der Waals surface area contributed by atoms with Crippen LogP contribution in [0.3, 0.4) is 0 Å². The monoisotopic (exact) mass is 253 g/mol. The first-order valence-electron chi connectivity index (χ1n) is 7.19. The average molecular weight is 253 g/mol. The Balaban J connectivity index is 1.87. The molecular weight excluding hydrogens is 226 g/mol. The van der Waals surface area contributed by atoms with Crippen LogP contribution in [0, 0.1) is 0 Å². The zero-order valence-corrected chi connectivity index (χ0v) is 12.0. The maximum atomic E-state index is 12.3. The van der Waals surface area contributed by atoms with Crippen LogP contribution < -0.4 is 10.6 Å². The number of hydrogen-bond acceptors (Lipinski definition) is 3. The maximum absolute atomic E-state index is 12.3. The average Bonchev–Trinajstić information content (AvgIpc) is 2.27. The second-order valence-electron chi connectivity index (χ2n) is 6.37. The summed E-state index contributed by atoms with van der Waals surface area (Å²) >= 11 is 0. The molecule has 104 valence electrons. The molecule has 1 amide bonds. The van der Waals surface area contributed by atoms with E-state index >= 15 is 0 Å². The van der Waals surface area contributed by atoms with Gasteiger partial charge in [0.15, 0.2) is 0 Å². The fourth-order valence-electron chi connectivity index (χ4n) is 3.06. The number of likely N-dealkylation sites (N-methyl/N-ethyl adjacent to an activating group) is 1. The summed E-state index contributed by atoms with van der Waals surface area (Å²) in [5, 5.41) is 6.55. The van der Waals surface area contributed by atoms with Gasteiger partial charge in [-0.3, -0.25) is 4.79 Å². The van der Waals surface area contributed by atoms with Crippen molar-refractivity contribution in [1.29, 1.82) is 0 Å². The minimum Gasteiger partial charge on any atom is -0.353 e. The quantitative estimate of drug-likeness (QED) is 0.789. The van der Waals surface area contributed by atoms with E-state index in [-0.39, 0.29) is 17.0 Å². The van der Waals surface area contributed by atoms with Crippen LogP contribution in [0.25, 0.3) is 0 Å². The third-order valence-electron chi connectivity index (χ3n) is 4.93. The largest absolute Gasteiger partial charge is 0.353 e. The highest BCUT2D eigenvalue weighted by molar-refractivity contribution is 5.86. The predicted octanol–water partition coefficient (Wildman–Crippen LogP) is 1.12. The molecule has 4 heteroatoms. The highest BCUT2D eigenvalue weighted by atomic mass is 16.2. The number of hydrogen-bond donors (Lipinski definition) is 2. The lowest BCUT2D eigenvalue weighted by Gasteiger charge is -2.48. The summed E-state index contributed by atoms with van der Waals surface area (Å²) in [5.74, 6) is 0.176. The zero-order valence-electron chi connectivity index (χ0n) is 12.0. The molecule has 2 rings (SSSR count). The Morgan fingerprint density at radius 2 is 1.94 bits per heavy atom. The highest BCUT2D eigenvalue weighted by Crippen LogP contribution is 2.35. The lowest BCUT2D eigenvalue weighted by atomic mass is 9.75. The summed E-state index contributed by atoms with van der Waals surface area (Å²) in [6.07, 6.45) is 6.96. The second kappa shape index (κ2) is 5.17. The first-order chi connectivity index (χ1) is 8.49. The van der Waals surface area contributed by atoms with Crippen LogP contribution in [0.4, 0.5) is 0 Å². The first kappa shape index (κ1) is 13.8. The Morgan fingerprint density at radius 3 is 2.39 bits per heavy atom. The molecule has 1 heterocycles. The van der Waals surface area contributed by atoms with Crippen molar-refractivity contribution in [1.82, 2.24) is 15.5 Å². The smallest absolute Gasteiger partial charge is 0.240 e. The molecule has 2 aliphatic rings. The van der Waals surface area contributed by atoms with Crippen LogP contribution in [0.1, 0.15) is 45.4 Å². The molecule has 0 aromatic carbocycles. The zero-order chi connectivity index (χ0) is 13.2. The van der Waals surface area contributed by atoms with Gasteiger partial charge in [-0.25, -0.2) is 0 Å². The minimum absolute atomic E-state index is 0.176. The fourth-order valence-corrected chi connectivity index (χ4v) is 3.06. The van der Waals surface area contributed by atoms with E-state index in [2.05, 4.69) is 29.6 Å². The third kappa shape index (κ3) is 2.54. The van der Waals surface area contributed by atoms with E-state index in [1.165, 1.54) is 25.7 Å². The van der Waals surface area contributed by atoms with E-state index in [1.807, 2.05) is 6.92 Å². The van der Waals surface area contributed by atoms with Crippen molar-refractivity contribution in [3.63, 3.8) is 0 Å². The van der Waals surface area contributed by atoms with Gasteiger partial charge in [-0.1, -0.05) is 0 Å². The molecule has 0 spiro atoms. The maximum Gasteiger partial charge on any atom is 0.240 e. The highest BCUT2D eigenvalue weighted by Gasteiger charge is 2.41. The predicted molar refractivity (Wildman–Crippen MR) is 73.5 cm³/mol. The molecule has 18 heavy (non-hydrogen) atoms. The van der Waals surface area contributed by atoms with E-state index in [0.717, 1.165) is 25.9 Å². The van der Waals surface area contributed by atoms with Crippen molar-refractivity contribution in [2.75, 3.05) is 27.2 Å². The lowest BCUT2D eigenvalue weighted by molar-refractivity contribution is -0.129. The van der Waals surface area contributed by atoms with Crippen molar-refractivity contribution in [2.24, 2.45) is 0 Å². The molecule has 1 aliphatic heterocycles. The number of rotatable bonds is 4. The Kier molecular flexibility index (Phi) is 3.97. The molecular formula is C14H27N3O. The molecule has 4 nitrogen and oxygen atoms in total. The first-order valence-corrected chi connectivity index (χ1v) is 7.19. The van der Waals surface area contributed by atoms with Crippen molar-refractivity contribution in [2.45, 2.75) is 56.5 Å². The van der Waals surface area contributed by atoms with E-state index in [9.17, 15) is 4.79 Å². The standard InChI is InChI=1S/C14H27N3O/c1-13(7-4-5-10-16-13)12(18)15-11-14(17(2)3)8-6-9-14/h16H,4-11H2,1-3H3,(H,15,18). The van der Waals surface area contributed by atoms with Gasteiger partial charge in [-0.2, -0.15) is 0 Å². The molecule has 2 fully saturated rings. The van der Waals surface area contributed by atoms with E-state index in [0.29, 0.717) is 0 Å². The van der Waals surface area contributed by atoms with Crippen molar-refractivity contribution < 1.29 is 4.79 Å². The molecule has 1 aliphatic carbocycles. The summed E-state index contributed by atoms with van der Waals surface area (Å²) in [6, 6.07) is 0. The second-order valence-corrected chi connectivity index (χ2v) is 6.37. The normalized spacial score (nSPS) is 30.9. The number of amides is 1. The van der Waals surface area contributed by atoms with Crippen LogP contribution in [0.15, 0.2) is 0 Å². The van der Waals surface area contributed by atoms with Crippen molar-refractivity contribution in [3.05, 3.63) is 0 Å². The molecule has 1 saturated carbocycles. The third-order valence-corrected chi connectivity index (χ3v) is 4.93. The molecule has 0 radical (unpaired) electrons. The summed E-state index contributed by atoms with van der Waals surface area (Å²) in [6.45, 7) is 3.78. The van der Waals surface area contributed by atoms with Gasteiger partial charge in [-0.15, -0.1) is 0 Å². The molecule has 0 aromatic heterocycles. The van der Waals surface area contributed by atoms with Gasteiger partial charge in [-0.05, 0) is 66.1 Å². The van der Waals surface area contributed by atoms with Crippen molar-refractivity contribution in [3.8, 4) is 0 Å². The van der Waals surface area contributed by atoms with Gasteiger partial charge < -0.3 is 15.5 Å². The van der Waals surface area contributed by atoms with Crippen molar-refractivity contribution >= 4 is 5.91 Å². The topological polar surface area (TPSA) is 44.4 Å². The number of nitrogens with one attached hydrogen (secondary N) is 2. The molecule has 1 saturated heterocycles. The van der Waals surface area contributed by atoms with Gasteiger partial charge in [0.25, 0.3) is 0 Å². The Morgan fingerprint density at radius 1 is 1.22 bits per heavy atom. The Labute approximate surface area is 110 Å². The SMILES string of the molecule is CN(C)C1(CNC(=O)C2(C)CCCCN2)CCC1. The Bertz CT molecular complexity index is 304. The van der Waals surface area contributed by atoms with Crippen LogP contribution in [-0.4, -0.2) is 49.1 Å². The molecule has 2 N–H and O–H groups in total. The fraction of sp³-hybridized carbons (Fsp3) is 0.929. The van der Waals surface area contributed by atoms with Crippen LogP contribution >= 0.6 is 0 Å². The summed E-state index contributed by atoms with van der Waals surface area (Å²) in [4.78, 5) is 14.6. The van der Waals surface area contributed by atoms with Gasteiger partial charge in [0, 0.05) is 12.1 Å². The van der Waals surface area contributed by atoms with Gasteiger partial charge >= 0.3 is 0 Å². The molecule has 0 bridgehead atoms. The number of piperidine rings is 1. The van der Waals surface area contributed by atoms with E-state index < -0.39 is 0 Å². The molecule has 1 unspecified atom stereocenters. The summed E-state index contributed by atoms with van der Waals surface area (Å²) in [7, 11) is 4.23. The van der Waals surface area contributed by atoms with Gasteiger partial charge in [0.1, 0.15) is 0 Å². The van der Waals surface area contributed by atoms with E-state index in [4.69, 9.17) is 0 Å². The van der Waals surface area contributed by atoms with Crippen LogP contribution in [0.2, 0.25) is 0 Å². The van der Waals surface area contributed by atoms with Crippen LogP contribution in [-0.2, 0) is 4.79 Å². The van der Waals surface area contributed by atoms with Crippen LogP contribution in [0.5, 0.6) is 0 Å². The Hall–Kier alpha value is -0.610. The molecule has 1 atom stereocenters. The summed E-state index contributed by atoms with van der Waals surface area (Å²) in [5.41, 5.74) is -0.143. The lowest BCUT2D eigenvalue weighted by Crippen LogP contribution is -2.62. The minimum atomic E-state index is -0.352. The summed E-state index contributed by atoms with van der Waals surface area (Å²) < 4.78 is 0. The van der Waals surface area contributed by atoms with Gasteiger partial charge in [0.2, 0.25) is 5.91 Å². The molecule has 0 aromatic rings. The number of carbonyl (C=O) groups is 1. The van der Waals surface area contributed by atoms with Gasteiger partial charge in [0.05, 0.1) is 5.54 Å².